The van der Waals surface area contributed by atoms with E-state index in [1.807, 2.05) is 24.3 Å². The average molecular weight is 524 g/mol. The largest absolute Gasteiger partial charge is 0.497 e. The van der Waals surface area contributed by atoms with Gasteiger partial charge in [0.05, 0.1) is 13.7 Å². The first-order chi connectivity index (χ1) is 14.3. The first kappa shape index (κ1) is 24.3. The highest BCUT2D eigenvalue weighted by atomic mass is 127. The summed E-state index contributed by atoms with van der Waals surface area (Å²) in [5.74, 6) is 2.41. The lowest BCUT2D eigenvalue weighted by atomic mass is 10.1. The molecule has 0 radical (unpaired) electrons. The van der Waals surface area contributed by atoms with Crippen molar-refractivity contribution in [3.63, 3.8) is 0 Å². The zero-order valence-electron chi connectivity index (χ0n) is 17.9. The number of ether oxygens (including phenoxy) is 2. The lowest BCUT2D eigenvalue weighted by molar-refractivity contribution is 0.321. The highest BCUT2D eigenvalue weighted by Gasteiger charge is 2.11. The number of nitrogens with zero attached hydrogens (tertiary/aromatic N) is 2. The maximum atomic E-state index is 5.73. The Morgan fingerprint density at radius 2 is 1.57 bits per heavy atom. The molecule has 2 N–H and O–H groups in total. The van der Waals surface area contributed by atoms with Gasteiger partial charge in [-0.3, -0.25) is 9.89 Å². The van der Waals surface area contributed by atoms with E-state index in [-0.39, 0.29) is 24.0 Å². The maximum absolute atomic E-state index is 5.73. The van der Waals surface area contributed by atoms with E-state index in [2.05, 4.69) is 44.8 Å². The van der Waals surface area contributed by atoms with Crippen LogP contribution in [0.25, 0.3) is 0 Å². The predicted molar refractivity (Wildman–Crippen MR) is 133 cm³/mol. The summed E-state index contributed by atoms with van der Waals surface area (Å²) in [6.07, 6.45) is 2.67. The van der Waals surface area contributed by atoms with Gasteiger partial charge in [0, 0.05) is 20.1 Å². The van der Waals surface area contributed by atoms with E-state index in [1.54, 1.807) is 14.2 Å². The van der Waals surface area contributed by atoms with Gasteiger partial charge in [0.25, 0.3) is 0 Å². The molecule has 0 unspecified atom stereocenters. The van der Waals surface area contributed by atoms with Gasteiger partial charge in [0.2, 0.25) is 0 Å². The number of hydrogen-bond acceptors (Lipinski definition) is 4. The second-order valence-electron chi connectivity index (χ2n) is 7.18. The van der Waals surface area contributed by atoms with Gasteiger partial charge in [-0.2, -0.15) is 0 Å². The second kappa shape index (κ2) is 13.3. The number of guanidine groups is 1. The number of likely N-dealkylation sites (tertiary alicyclic amines) is 1. The molecule has 0 atom stereocenters. The predicted octanol–water partition coefficient (Wildman–Crippen LogP) is 3.65. The monoisotopic (exact) mass is 524 g/mol. The Morgan fingerprint density at radius 1 is 0.933 bits per heavy atom. The number of methoxy groups -OCH3 is 1. The Labute approximate surface area is 197 Å². The van der Waals surface area contributed by atoms with Gasteiger partial charge in [-0.15, -0.1) is 24.0 Å². The molecule has 3 rings (SSSR count). The molecule has 0 spiro atoms. The Balaban J connectivity index is 0.00000320. The minimum Gasteiger partial charge on any atom is -0.497 e. The smallest absolute Gasteiger partial charge is 0.191 e. The molecule has 0 amide bonds. The molecule has 1 aliphatic heterocycles. The number of nitrogens with one attached hydrogen (secondary N) is 2. The van der Waals surface area contributed by atoms with Gasteiger partial charge >= 0.3 is 0 Å². The van der Waals surface area contributed by atoms with E-state index < -0.39 is 0 Å². The van der Waals surface area contributed by atoms with Crippen molar-refractivity contribution in [2.75, 3.05) is 40.4 Å². The van der Waals surface area contributed by atoms with E-state index in [4.69, 9.17) is 9.47 Å². The zero-order chi connectivity index (χ0) is 20.3. The third-order valence-electron chi connectivity index (χ3n) is 5.03. The molecule has 2 aromatic carbocycles. The Morgan fingerprint density at radius 3 is 2.20 bits per heavy atom. The lowest BCUT2D eigenvalue weighted by Crippen LogP contribution is -2.38. The number of rotatable bonds is 9. The van der Waals surface area contributed by atoms with Crippen LogP contribution in [0.15, 0.2) is 53.5 Å². The van der Waals surface area contributed by atoms with Crippen LogP contribution in [0.5, 0.6) is 11.5 Å². The van der Waals surface area contributed by atoms with Gasteiger partial charge in [-0.05, 0) is 61.3 Å². The fourth-order valence-electron chi connectivity index (χ4n) is 3.38. The van der Waals surface area contributed by atoms with E-state index in [9.17, 15) is 0 Å². The van der Waals surface area contributed by atoms with Crippen LogP contribution < -0.4 is 20.1 Å². The first-order valence-corrected chi connectivity index (χ1v) is 10.3. The summed E-state index contributed by atoms with van der Waals surface area (Å²) in [5, 5.41) is 6.62. The maximum Gasteiger partial charge on any atom is 0.191 e. The van der Waals surface area contributed by atoms with Crippen molar-refractivity contribution < 1.29 is 9.47 Å². The van der Waals surface area contributed by atoms with E-state index in [0.717, 1.165) is 30.5 Å². The summed E-state index contributed by atoms with van der Waals surface area (Å²) in [7, 11) is 3.43. The number of aliphatic imine (C=N–C) groups is 1. The molecule has 1 fully saturated rings. The normalized spacial score (nSPS) is 14.1. The third kappa shape index (κ3) is 8.02. The van der Waals surface area contributed by atoms with E-state index in [1.165, 1.54) is 37.1 Å². The number of hydrogen-bond donors (Lipinski definition) is 2. The van der Waals surface area contributed by atoms with E-state index >= 15 is 0 Å². The Bertz CT molecular complexity index is 760. The van der Waals surface area contributed by atoms with Crippen LogP contribution >= 0.6 is 24.0 Å². The first-order valence-electron chi connectivity index (χ1n) is 10.3. The molecule has 164 valence electrons. The van der Waals surface area contributed by atoms with Crippen molar-refractivity contribution in [1.82, 2.24) is 15.5 Å². The fourth-order valence-corrected chi connectivity index (χ4v) is 3.38. The van der Waals surface area contributed by atoms with Crippen LogP contribution in [-0.2, 0) is 13.1 Å². The summed E-state index contributed by atoms with van der Waals surface area (Å²) in [6.45, 7) is 5.48. The van der Waals surface area contributed by atoms with Crippen molar-refractivity contribution >= 4 is 29.9 Å². The van der Waals surface area contributed by atoms with Crippen molar-refractivity contribution in [1.29, 1.82) is 0 Å². The zero-order valence-corrected chi connectivity index (χ0v) is 20.2. The average Bonchev–Trinajstić information content (AvgIpc) is 3.28. The topological polar surface area (TPSA) is 58.1 Å². The number of halogens is 1. The van der Waals surface area contributed by atoms with Crippen molar-refractivity contribution in [3.8, 4) is 11.5 Å². The molecule has 7 heteroatoms. The van der Waals surface area contributed by atoms with Gasteiger partial charge in [-0.25, -0.2) is 0 Å². The van der Waals surface area contributed by atoms with Crippen molar-refractivity contribution in [2.45, 2.75) is 25.9 Å². The minimum atomic E-state index is 0. The molecule has 0 saturated carbocycles. The summed E-state index contributed by atoms with van der Waals surface area (Å²) in [4.78, 5) is 6.79. The van der Waals surface area contributed by atoms with Crippen LogP contribution in [0.3, 0.4) is 0 Å². The molecular formula is C23H33IN4O2. The Kier molecular flexibility index (Phi) is 10.8. The van der Waals surface area contributed by atoms with Crippen molar-refractivity contribution in [3.05, 3.63) is 59.7 Å². The quantitative estimate of drug-likeness (QED) is 0.227. The van der Waals surface area contributed by atoms with Gasteiger partial charge in [0.1, 0.15) is 18.1 Å². The molecule has 0 bridgehead atoms. The molecule has 0 aliphatic carbocycles. The summed E-state index contributed by atoms with van der Waals surface area (Å²) in [6, 6.07) is 16.4. The molecule has 1 saturated heterocycles. The second-order valence-corrected chi connectivity index (χ2v) is 7.18. The van der Waals surface area contributed by atoms with Crippen LogP contribution in [0, 0.1) is 0 Å². The minimum absolute atomic E-state index is 0. The molecule has 2 aromatic rings. The van der Waals surface area contributed by atoms with Gasteiger partial charge in [0.15, 0.2) is 5.96 Å². The van der Waals surface area contributed by atoms with E-state index in [0.29, 0.717) is 13.2 Å². The van der Waals surface area contributed by atoms with Crippen LogP contribution in [0.2, 0.25) is 0 Å². The fraction of sp³-hybridized carbons (Fsp3) is 0.435. The summed E-state index contributed by atoms with van der Waals surface area (Å²) >= 11 is 0. The SMILES string of the molecule is CN=C(NCCOc1ccc(OC)cc1)NCc1ccc(CN2CCCC2)cc1.I. The van der Waals surface area contributed by atoms with Gasteiger partial charge in [-0.1, -0.05) is 24.3 Å². The van der Waals surface area contributed by atoms with Gasteiger partial charge < -0.3 is 20.1 Å². The molecule has 30 heavy (non-hydrogen) atoms. The van der Waals surface area contributed by atoms with Crippen LogP contribution in [0.4, 0.5) is 0 Å². The molecule has 1 heterocycles. The summed E-state index contributed by atoms with van der Waals surface area (Å²) < 4.78 is 10.9. The number of benzene rings is 2. The molecule has 0 aromatic heterocycles. The Hall–Kier alpha value is -2.00. The standard InChI is InChI=1S/C23H32N4O2.HI/c1-24-23(25-13-16-29-22-11-9-21(28-2)10-12-22)26-17-19-5-7-20(8-6-19)18-27-14-3-4-15-27;/h5-12H,3-4,13-18H2,1-2H3,(H2,24,25,26);1H. The molecular weight excluding hydrogens is 491 g/mol. The summed E-state index contributed by atoms with van der Waals surface area (Å²) in [5.41, 5.74) is 2.63. The highest BCUT2D eigenvalue weighted by Crippen LogP contribution is 2.16. The highest BCUT2D eigenvalue weighted by molar-refractivity contribution is 14.0. The lowest BCUT2D eigenvalue weighted by Gasteiger charge is -2.15. The molecule has 6 nitrogen and oxygen atoms in total. The van der Waals surface area contributed by atoms with Crippen molar-refractivity contribution in [2.24, 2.45) is 4.99 Å². The van der Waals surface area contributed by atoms with Crippen LogP contribution in [0.1, 0.15) is 24.0 Å². The third-order valence-corrected chi connectivity index (χ3v) is 5.03. The molecule has 1 aliphatic rings. The van der Waals surface area contributed by atoms with Crippen LogP contribution in [-0.4, -0.2) is 51.3 Å².